The summed E-state index contributed by atoms with van der Waals surface area (Å²) in [7, 11) is 0. The highest BCUT2D eigenvalue weighted by atomic mass is 16.2. The highest BCUT2D eigenvalue weighted by Gasteiger charge is 2.33. The molecule has 120 valence electrons. The van der Waals surface area contributed by atoms with Crippen LogP contribution in [0.25, 0.3) is 5.69 Å². The summed E-state index contributed by atoms with van der Waals surface area (Å²) in [6.45, 7) is 0.674. The first-order chi connectivity index (χ1) is 11.8. The molecule has 0 aliphatic heterocycles. The molecule has 0 unspecified atom stereocenters. The highest BCUT2D eigenvalue weighted by Crippen LogP contribution is 2.30. The third kappa shape index (κ3) is 3.08. The lowest BCUT2D eigenvalue weighted by molar-refractivity contribution is 0.0730. The molecule has 1 aliphatic rings. The molecule has 1 aliphatic carbocycles. The predicted octanol–water partition coefficient (Wildman–Crippen LogP) is 3.68. The van der Waals surface area contributed by atoms with Crippen molar-refractivity contribution in [3.8, 4) is 5.69 Å². The Morgan fingerprint density at radius 2 is 1.83 bits per heavy atom. The van der Waals surface area contributed by atoms with Crippen LogP contribution in [0.2, 0.25) is 0 Å². The van der Waals surface area contributed by atoms with Crippen LogP contribution in [0.5, 0.6) is 0 Å². The van der Waals surface area contributed by atoms with Crippen molar-refractivity contribution in [2.75, 3.05) is 0 Å². The Kier molecular flexibility index (Phi) is 3.87. The molecule has 1 amide bonds. The summed E-state index contributed by atoms with van der Waals surface area (Å²) in [6, 6.07) is 18.3. The average molecular weight is 317 g/mol. The number of imidazole rings is 1. The molecular formula is C20H19N3O. The maximum Gasteiger partial charge on any atom is 0.254 e. The molecule has 0 radical (unpaired) electrons. The van der Waals surface area contributed by atoms with Crippen molar-refractivity contribution in [3.05, 3.63) is 84.4 Å². The zero-order valence-electron chi connectivity index (χ0n) is 13.4. The minimum Gasteiger partial charge on any atom is -0.331 e. The van der Waals surface area contributed by atoms with Gasteiger partial charge >= 0.3 is 0 Å². The van der Waals surface area contributed by atoms with Gasteiger partial charge in [0.05, 0.1) is 6.33 Å². The van der Waals surface area contributed by atoms with Gasteiger partial charge in [-0.15, -0.1) is 0 Å². The summed E-state index contributed by atoms with van der Waals surface area (Å²) in [5.74, 6) is 0.110. The van der Waals surface area contributed by atoms with E-state index >= 15 is 0 Å². The van der Waals surface area contributed by atoms with E-state index in [0.29, 0.717) is 12.6 Å². The van der Waals surface area contributed by atoms with E-state index in [1.807, 2.05) is 58.1 Å². The predicted molar refractivity (Wildman–Crippen MR) is 92.9 cm³/mol. The third-order valence-corrected chi connectivity index (χ3v) is 4.36. The van der Waals surface area contributed by atoms with Gasteiger partial charge in [-0.05, 0) is 42.7 Å². The lowest BCUT2D eigenvalue weighted by atomic mass is 10.1. The Morgan fingerprint density at radius 3 is 2.46 bits per heavy atom. The summed E-state index contributed by atoms with van der Waals surface area (Å²) < 4.78 is 1.93. The SMILES string of the molecule is O=C(c1ccc(-n2ccnc2)cc1)N(Cc1ccccc1)C1CC1. The standard InChI is InChI=1S/C20H19N3O/c24-20(17-6-8-18(9-7-17)22-13-12-21-15-22)23(19-10-11-19)14-16-4-2-1-3-5-16/h1-9,12-13,15,19H,10-11,14H2. The van der Waals surface area contributed by atoms with Gasteiger partial charge in [0.25, 0.3) is 5.91 Å². The Hall–Kier alpha value is -2.88. The van der Waals surface area contributed by atoms with Crippen molar-refractivity contribution >= 4 is 5.91 Å². The van der Waals surface area contributed by atoms with Gasteiger partial charge in [0.1, 0.15) is 0 Å². The first kappa shape index (κ1) is 14.7. The number of rotatable bonds is 5. The fourth-order valence-corrected chi connectivity index (χ4v) is 2.89. The molecule has 2 aromatic carbocycles. The van der Waals surface area contributed by atoms with Crippen LogP contribution in [-0.4, -0.2) is 26.4 Å². The topological polar surface area (TPSA) is 38.1 Å². The molecule has 0 N–H and O–H groups in total. The van der Waals surface area contributed by atoms with Crippen LogP contribution in [0.4, 0.5) is 0 Å². The molecular weight excluding hydrogens is 298 g/mol. The first-order valence-electron chi connectivity index (χ1n) is 8.24. The van der Waals surface area contributed by atoms with E-state index in [2.05, 4.69) is 17.1 Å². The summed E-state index contributed by atoms with van der Waals surface area (Å²) in [5.41, 5.74) is 2.92. The molecule has 1 aromatic heterocycles. The maximum absolute atomic E-state index is 12.9. The quantitative estimate of drug-likeness (QED) is 0.720. The van der Waals surface area contributed by atoms with Crippen LogP contribution in [-0.2, 0) is 6.54 Å². The van der Waals surface area contributed by atoms with Gasteiger partial charge in [-0.1, -0.05) is 30.3 Å². The number of benzene rings is 2. The van der Waals surface area contributed by atoms with E-state index in [9.17, 15) is 4.79 Å². The molecule has 0 saturated heterocycles. The van der Waals surface area contributed by atoms with E-state index in [1.165, 1.54) is 5.56 Å². The Bertz CT molecular complexity index is 806. The van der Waals surface area contributed by atoms with Gasteiger partial charge in [-0.25, -0.2) is 4.98 Å². The van der Waals surface area contributed by atoms with Crippen LogP contribution in [0.1, 0.15) is 28.8 Å². The smallest absolute Gasteiger partial charge is 0.254 e. The molecule has 1 saturated carbocycles. The van der Waals surface area contributed by atoms with Crippen molar-refractivity contribution in [3.63, 3.8) is 0 Å². The van der Waals surface area contributed by atoms with Crippen molar-refractivity contribution in [2.45, 2.75) is 25.4 Å². The van der Waals surface area contributed by atoms with Gasteiger partial charge in [0.2, 0.25) is 0 Å². The average Bonchev–Trinajstić information content (AvgIpc) is 3.33. The summed E-state index contributed by atoms with van der Waals surface area (Å²) in [4.78, 5) is 19.0. The monoisotopic (exact) mass is 317 g/mol. The third-order valence-electron chi connectivity index (χ3n) is 4.36. The molecule has 0 bridgehead atoms. The lowest BCUT2D eigenvalue weighted by Gasteiger charge is -2.23. The number of aromatic nitrogens is 2. The molecule has 3 aromatic rings. The second-order valence-corrected chi connectivity index (χ2v) is 6.17. The second kappa shape index (κ2) is 6.32. The maximum atomic E-state index is 12.9. The summed E-state index contributed by atoms with van der Waals surface area (Å²) in [6.07, 6.45) is 7.59. The van der Waals surface area contributed by atoms with Crippen LogP contribution in [0.3, 0.4) is 0 Å². The minimum absolute atomic E-state index is 0.110. The first-order valence-corrected chi connectivity index (χ1v) is 8.24. The molecule has 1 fully saturated rings. The Balaban J connectivity index is 1.54. The highest BCUT2D eigenvalue weighted by molar-refractivity contribution is 5.94. The van der Waals surface area contributed by atoms with Crippen LogP contribution in [0, 0.1) is 0 Å². The number of nitrogens with zero attached hydrogens (tertiary/aromatic N) is 3. The van der Waals surface area contributed by atoms with Crippen LogP contribution in [0.15, 0.2) is 73.3 Å². The molecule has 4 heteroatoms. The molecule has 0 spiro atoms. The number of hydrogen-bond donors (Lipinski definition) is 0. The van der Waals surface area contributed by atoms with Crippen molar-refractivity contribution in [1.29, 1.82) is 0 Å². The van der Waals surface area contributed by atoms with Crippen molar-refractivity contribution in [2.24, 2.45) is 0 Å². The van der Waals surface area contributed by atoms with E-state index < -0.39 is 0 Å². The fourth-order valence-electron chi connectivity index (χ4n) is 2.89. The zero-order chi connectivity index (χ0) is 16.4. The van der Waals surface area contributed by atoms with Gasteiger partial charge < -0.3 is 9.47 Å². The normalized spacial score (nSPS) is 13.7. The minimum atomic E-state index is 0.110. The van der Waals surface area contributed by atoms with E-state index in [4.69, 9.17) is 0 Å². The largest absolute Gasteiger partial charge is 0.331 e. The fraction of sp³-hybridized carbons (Fsp3) is 0.200. The van der Waals surface area contributed by atoms with Gasteiger partial charge in [0, 0.05) is 36.2 Å². The van der Waals surface area contributed by atoms with Gasteiger partial charge in [-0.2, -0.15) is 0 Å². The van der Waals surface area contributed by atoms with Crippen LogP contribution < -0.4 is 0 Å². The molecule has 0 atom stereocenters. The molecule has 24 heavy (non-hydrogen) atoms. The van der Waals surface area contributed by atoms with E-state index in [0.717, 1.165) is 24.1 Å². The van der Waals surface area contributed by atoms with E-state index in [-0.39, 0.29) is 5.91 Å². The number of carbonyl (C=O) groups excluding carboxylic acids is 1. The van der Waals surface area contributed by atoms with Gasteiger partial charge in [-0.3, -0.25) is 4.79 Å². The van der Waals surface area contributed by atoms with Gasteiger partial charge in [0.15, 0.2) is 0 Å². The lowest BCUT2D eigenvalue weighted by Crippen LogP contribution is -2.32. The zero-order valence-corrected chi connectivity index (χ0v) is 13.4. The number of hydrogen-bond acceptors (Lipinski definition) is 2. The van der Waals surface area contributed by atoms with Crippen molar-refractivity contribution in [1.82, 2.24) is 14.5 Å². The molecule has 1 heterocycles. The number of amides is 1. The summed E-state index contributed by atoms with van der Waals surface area (Å²) >= 11 is 0. The Labute approximate surface area is 141 Å². The Morgan fingerprint density at radius 1 is 1.08 bits per heavy atom. The molecule has 4 nitrogen and oxygen atoms in total. The van der Waals surface area contributed by atoms with Crippen molar-refractivity contribution < 1.29 is 4.79 Å². The van der Waals surface area contributed by atoms with Crippen LogP contribution >= 0.6 is 0 Å². The summed E-state index contributed by atoms with van der Waals surface area (Å²) in [5, 5.41) is 0. The number of carbonyl (C=O) groups is 1. The molecule has 4 rings (SSSR count). The van der Waals surface area contributed by atoms with E-state index in [1.54, 1.807) is 12.5 Å². The second-order valence-electron chi connectivity index (χ2n) is 6.17.